The van der Waals surface area contributed by atoms with Gasteiger partial charge in [-0.3, -0.25) is 4.90 Å². The van der Waals surface area contributed by atoms with E-state index in [2.05, 4.69) is 30.6 Å². The molecule has 0 aliphatic carbocycles. The van der Waals surface area contributed by atoms with E-state index in [1.54, 1.807) is 0 Å². The van der Waals surface area contributed by atoms with Gasteiger partial charge in [0, 0.05) is 52.4 Å². The van der Waals surface area contributed by atoms with E-state index in [0.717, 1.165) is 52.4 Å². The average molecular weight is 359 g/mol. The molecule has 2 saturated heterocycles. The van der Waals surface area contributed by atoms with Crippen molar-refractivity contribution in [2.24, 2.45) is 0 Å². The van der Waals surface area contributed by atoms with E-state index >= 15 is 0 Å². The third-order valence-electron chi connectivity index (χ3n) is 4.23. The van der Waals surface area contributed by atoms with E-state index < -0.39 is 11.9 Å². The van der Waals surface area contributed by atoms with Gasteiger partial charge < -0.3 is 30.5 Å². The van der Waals surface area contributed by atoms with Crippen molar-refractivity contribution in [3.63, 3.8) is 0 Å². The van der Waals surface area contributed by atoms with Crippen LogP contribution in [0, 0.1) is 0 Å². The number of nitrogens with one attached hydrogen (secondary N) is 3. The van der Waals surface area contributed by atoms with Crippen molar-refractivity contribution in [3.05, 3.63) is 0 Å². The Balaban J connectivity index is 0.00000139. The summed E-state index contributed by atoms with van der Waals surface area (Å²) >= 11 is 1.47. The molecule has 0 aromatic carbocycles. The van der Waals surface area contributed by atoms with Gasteiger partial charge >= 0.3 is 26.5 Å². The van der Waals surface area contributed by atoms with Crippen LogP contribution in [0.2, 0.25) is 0 Å². The van der Waals surface area contributed by atoms with Crippen molar-refractivity contribution in [1.29, 1.82) is 0 Å². The first-order valence-electron chi connectivity index (χ1n) is 8.78. The Hall–Kier alpha value is 0.607. The van der Waals surface area contributed by atoms with Crippen LogP contribution in [-0.2, 0) is 9.47 Å². The van der Waals surface area contributed by atoms with Crippen LogP contribution in [0.1, 0.15) is 13.8 Å². The van der Waals surface area contributed by atoms with Gasteiger partial charge in [0.1, 0.15) is 0 Å². The van der Waals surface area contributed by atoms with Crippen molar-refractivity contribution < 1.29 is 14.6 Å². The van der Waals surface area contributed by atoms with Gasteiger partial charge in [0.25, 0.3) is 0 Å². The molecule has 7 nitrogen and oxygen atoms in total. The zero-order valence-corrected chi connectivity index (χ0v) is 16.1. The Bertz CT molecular complexity index is 317. The molecule has 2 rings (SSSR count). The number of rotatable bonds is 1. The molecule has 9 heteroatoms. The normalized spacial score (nSPS) is 30.9. The van der Waals surface area contributed by atoms with Crippen LogP contribution in [0.15, 0.2) is 0 Å². The van der Waals surface area contributed by atoms with Crippen LogP contribution in [0.4, 0.5) is 0 Å². The van der Waals surface area contributed by atoms with Crippen molar-refractivity contribution in [2.45, 2.75) is 31.8 Å². The molecule has 24 heavy (non-hydrogen) atoms. The first kappa shape index (κ1) is 22.6. The van der Waals surface area contributed by atoms with Crippen molar-refractivity contribution >= 4 is 26.5 Å². The van der Waals surface area contributed by atoms with Crippen LogP contribution >= 0.6 is 9.80 Å². The molecule has 0 saturated carbocycles. The first-order valence-corrected chi connectivity index (χ1v) is 9.54. The van der Waals surface area contributed by atoms with Crippen molar-refractivity contribution in [1.82, 2.24) is 20.9 Å². The molecule has 2 aliphatic rings. The third-order valence-corrected chi connectivity index (χ3v) is 4.23. The topological polar surface area (TPSA) is 78.0 Å². The minimum absolute atomic E-state index is 0.0218. The van der Waals surface area contributed by atoms with Gasteiger partial charge in [0.2, 0.25) is 0 Å². The van der Waals surface area contributed by atoms with E-state index in [0.29, 0.717) is 13.2 Å². The van der Waals surface area contributed by atoms with E-state index in [9.17, 15) is 5.11 Å². The summed E-state index contributed by atoms with van der Waals surface area (Å²) in [6.45, 7) is 12.1. The fraction of sp³-hybridized carbons (Fsp3) is 1.00. The van der Waals surface area contributed by atoms with E-state index in [-0.39, 0.29) is 6.04 Å². The summed E-state index contributed by atoms with van der Waals surface area (Å²) in [6, 6.07) is -0.0218. The molecule has 0 amide bonds. The summed E-state index contributed by atoms with van der Waals surface area (Å²) in [5.74, 6) is -0.621. The zero-order chi connectivity index (χ0) is 17.8. The maximum atomic E-state index is 10.4. The third kappa shape index (κ3) is 8.81. The number of aliphatic hydroxyl groups is 1. The Morgan fingerprint density at radius 2 is 1.38 bits per heavy atom. The number of hydrogen-bond donors (Lipinski definition) is 4. The fourth-order valence-electron chi connectivity index (χ4n) is 2.80. The summed E-state index contributed by atoms with van der Waals surface area (Å²) in [6.07, 6.45) is -0.517. The summed E-state index contributed by atoms with van der Waals surface area (Å²) in [7, 11) is 4.64. The Labute approximate surface area is 159 Å². The molecular weight excluding hydrogens is 327 g/mol. The second-order valence-corrected chi connectivity index (χ2v) is 6.44. The molecular formula is C15H32ClLiN4O3. The number of halogens is 1. The van der Waals surface area contributed by atoms with E-state index in [1.807, 2.05) is 13.8 Å². The van der Waals surface area contributed by atoms with E-state index in [4.69, 9.17) is 9.47 Å². The quantitative estimate of drug-likeness (QED) is 0.443. The van der Waals surface area contributed by atoms with Crippen LogP contribution in [0.3, 0.4) is 0 Å². The summed E-state index contributed by atoms with van der Waals surface area (Å²) in [5.41, 5.74) is 0. The SMILES string of the molecule is CC1(C)OCC(O)C(N2CCNCCNCCNCC2)CO1.[Li][Cl]. The molecule has 138 valence electrons. The number of aliphatic hydroxyl groups excluding tert-OH is 1. The Morgan fingerprint density at radius 3 is 1.92 bits per heavy atom. The molecule has 2 fully saturated rings. The summed E-state index contributed by atoms with van der Waals surface area (Å²) in [4.78, 5) is 2.31. The molecule has 2 aliphatic heterocycles. The van der Waals surface area contributed by atoms with Crippen molar-refractivity contribution in [2.75, 3.05) is 65.6 Å². The molecule has 2 unspecified atom stereocenters. The first-order chi connectivity index (χ1) is 11.6. The molecule has 0 aromatic rings. The van der Waals surface area contributed by atoms with Gasteiger partial charge in [-0.15, -0.1) is 0 Å². The Morgan fingerprint density at radius 1 is 0.917 bits per heavy atom. The zero-order valence-electron chi connectivity index (χ0n) is 15.3. The van der Waals surface area contributed by atoms with Crippen LogP contribution in [-0.4, -0.2) is 110 Å². The van der Waals surface area contributed by atoms with Gasteiger partial charge in [-0.1, -0.05) is 0 Å². The molecule has 4 N–H and O–H groups in total. The standard InChI is InChI=1S/C15H32N4O3.ClH.Li/c1-15(2)21-11-13(14(20)12-22-15)19-9-7-17-5-3-16-4-6-18-8-10-19;;/h13-14,16-18,20H,3-12H2,1-2H3;1H;/q;;+1/p-1. The molecule has 0 aromatic heterocycles. The summed E-state index contributed by atoms with van der Waals surface area (Å²) < 4.78 is 11.4. The second kappa shape index (κ2) is 12.9. The van der Waals surface area contributed by atoms with Crippen LogP contribution < -0.4 is 16.0 Å². The monoisotopic (exact) mass is 358 g/mol. The molecule has 0 spiro atoms. The predicted molar refractivity (Wildman–Crippen MR) is 97.6 cm³/mol. The fourth-order valence-corrected chi connectivity index (χ4v) is 2.80. The van der Waals surface area contributed by atoms with Crippen molar-refractivity contribution in [3.8, 4) is 0 Å². The number of ether oxygens (including phenoxy) is 2. The number of hydrogen-bond acceptors (Lipinski definition) is 7. The van der Waals surface area contributed by atoms with Crippen LogP contribution in [0.5, 0.6) is 0 Å². The predicted octanol–water partition coefficient (Wildman–Crippen LogP) is -1.11. The molecule has 0 radical (unpaired) electrons. The van der Waals surface area contributed by atoms with Gasteiger partial charge in [-0.2, -0.15) is 0 Å². The average Bonchev–Trinajstić information content (AvgIpc) is 2.69. The van der Waals surface area contributed by atoms with Gasteiger partial charge in [-0.25, -0.2) is 0 Å². The maximum absolute atomic E-state index is 10.4. The molecule has 2 heterocycles. The summed E-state index contributed by atoms with van der Waals surface area (Å²) in [5, 5.41) is 20.7. The second-order valence-electron chi connectivity index (χ2n) is 6.44. The van der Waals surface area contributed by atoms with Gasteiger partial charge in [0.15, 0.2) is 5.79 Å². The van der Waals surface area contributed by atoms with Crippen LogP contribution in [0.25, 0.3) is 0 Å². The van der Waals surface area contributed by atoms with Gasteiger partial charge in [0.05, 0.1) is 25.4 Å². The molecule has 2 atom stereocenters. The van der Waals surface area contributed by atoms with E-state index in [1.165, 1.54) is 16.7 Å². The number of nitrogens with zero attached hydrogens (tertiary/aromatic N) is 1. The molecule has 0 bridgehead atoms. The van der Waals surface area contributed by atoms with Gasteiger partial charge in [-0.05, 0) is 13.8 Å². The Kier molecular flexibility index (Phi) is 12.2. The minimum atomic E-state index is -0.621.